The molecule has 2 aromatic rings. The lowest BCUT2D eigenvalue weighted by Crippen LogP contribution is -2.35. The zero-order valence-corrected chi connectivity index (χ0v) is 14.0. The van der Waals surface area contributed by atoms with Crippen molar-refractivity contribution in [2.75, 3.05) is 16.8 Å². The molecule has 0 aromatic carbocycles. The number of aromatic nitrogens is 2. The largest absolute Gasteiger partial charge is 0.325 e. The van der Waals surface area contributed by atoms with Gasteiger partial charge in [-0.15, -0.1) is 0 Å². The van der Waals surface area contributed by atoms with Crippen LogP contribution in [0.4, 0.5) is 17.3 Å². The van der Waals surface area contributed by atoms with E-state index in [1.165, 1.54) is 6.20 Å². The molecule has 1 saturated heterocycles. The summed E-state index contributed by atoms with van der Waals surface area (Å²) in [5.41, 5.74) is 0.345. The van der Waals surface area contributed by atoms with E-state index in [9.17, 15) is 10.1 Å². The van der Waals surface area contributed by atoms with Crippen molar-refractivity contribution in [1.29, 1.82) is 10.5 Å². The van der Waals surface area contributed by atoms with Crippen molar-refractivity contribution < 1.29 is 4.79 Å². The van der Waals surface area contributed by atoms with E-state index >= 15 is 0 Å². The average molecular weight is 344 g/mol. The van der Waals surface area contributed by atoms with Gasteiger partial charge in [0.2, 0.25) is 5.91 Å². The number of nitrogens with zero attached hydrogens (tertiary/aromatic N) is 5. The highest BCUT2D eigenvalue weighted by molar-refractivity contribution is 6.02. The SMILES string of the molecule is N#Cc1ccc(Nc2cc(N3CC[C@@](C#N)(C4CC4)C3=O)ccn2)nc1. The van der Waals surface area contributed by atoms with Crippen molar-refractivity contribution in [3.05, 3.63) is 42.2 Å². The standard InChI is InChI=1S/C19H16N6O/c20-10-13-1-4-16(23-11-13)24-17-9-15(5-7-22-17)25-8-6-19(12-21,18(25)26)14-2-3-14/h1,4-5,7,9,11,14H,2-3,6,8H2,(H,22,23,24)/t19-/m1/s1. The van der Waals surface area contributed by atoms with Gasteiger partial charge in [-0.1, -0.05) is 0 Å². The molecule has 1 N–H and O–H groups in total. The Morgan fingerprint density at radius 2 is 2.04 bits per heavy atom. The quantitative estimate of drug-likeness (QED) is 0.914. The molecule has 2 aliphatic rings. The molecule has 1 aliphatic heterocycles. The first kappa shape index (κ1) is 16.0. The zero-order valence-electron chi connectivity index (χ0n) is 14.0. The number of rotatable bonds is 4. The summed E-state index contributed by atoms with van der Waals surface area (Å²) < 4.78 is 0. The summed E-state index contributed by atoms with van der Waals surface area (Å²) in [7, 11) is 0. The second-order valence-electron chi connectivity index (χ2n) is 6.63. The molecule has 0 bridgehead atoms. The number of hydrogen-bond donors (Lipinski definition) is 1. The van der Waals surface area contributed by atoms with Gasteiger partial charge < -0.3 is 10.2 Å². The molecule has 7 heteroatoms. The van der Waals surface area contributed by atoms with E-state index in [-0.39, 0.29) is 11.8 Å². The van der Waals surface area contributed by atoms with Gasteiger partial charge in [0.15, 0.2) is 0 Å². The van der Waals surface area contributed by atoms with Gasteiger partial charge in [0.25, 0.3) is 0 Å². The monoisotopic (exact) mass is 344 g/mol. The van der Waals surface area contributed by atoms with E-state index in [1.807, 2.05) is 6.07 Å². The molecule has 3 heterocycles. The highest BCUT2D eigenvalue weighted by atomic mass is 16.2. The fraction of sp³-hybridized carbons (Fsp3) is 0.316. The van der Waals surface area contributed by atoms with Crippen LogP contribution in [0.25, 0.3) is 0 Å². The number of carbonyl (C=O) groups is 1. The van der Waals surface area contributed by atoms with Crippen molar-refractivity contribution in [2.45, 2.75) is 19.3 Å². The molecule has 7 nitrogen and oxygen atoms in total. The minimum Gasteiger partial charge on any atom is -0.325 e. The summed E-state index contributed by atoms with van der Waals surface area (Å²) in [6, 6.07) is 11.2. The molecule has 2 fully saturated rings. The minimum atomic E-state index is -0.856. The Balaban J connectivity index is 1.55. The van der Waals surface area contributed by atoms with Crippen LogP contribution >= 0.6 is 0 Å². The zero-order chi connectivity index (χ0) is 18.1. The van der Waals surface area contributed by atoms with Crippen LogP contribution in [0.15, 0.2) is 36.7 Å². The molecule has 26 heavy (non-hydrogen) atoms. The maximum Gasteiger partial charge on any atom is 0.247 e. The van der Waals surface area contributed by atoms with Gasteiger partial charge >= 0.3 is 0 Å². The van der Waals surface area contributed by atoms with Crippen LogP contribution in [0.3, 0.4) is 0 Å². The smallest absolute Gasteiger partial charge is 0.247 e. The van der Waals surface area contributed by atoms with Gasteiger partial charge in [-0.05, 0) is 43.4 Å². The van der Waals surface area contributed by atoms with Crippen molar-refractivity contribution in [3.63, 3.8) is 0 Å². The molecule has 1 amide bonds. The molecule has 0 radical (unpaired) electrons. The van der Waals surface area contributed by atoms with E-state index < -0.39 is 5.41 Å². The van der Waals surface area contributed by atoms with Gasteiger partial charge in [-0.2, -0.15) is 10.5 Å². The topological polar surface area (TPSA) is 106 Å². The first-order valence-corrected chi connectivity index (χ1v) is 8.49. The molecule has 2 aromatic heterocycles. The molecule has 4 rings (SSSR count). The molecule has 1 atom stereocenters. The minimum absolute atomic E-state index is 0.101. The second kappa shape index (κ2) is 6.12. The van der Waals surface area contributed by atoms with Gasteiger partial charge in [0.1, 0.15) is 23.1 Å². The number of anilines is 3. The third kappa shape index (κ3) is 2.64. The van der Waals surface area contributed by atoms with Crippen molar-refractivity contribution in [2.24, 2.45) is 11.3 Å². The lowest BCUT2D eigenvalue weighted by Gasteiger charge is -2.21. The van der Waals surface area contributed by atoms with Crippen LogP contribution in [0, 0.1) is 34.0 Å². The van der Waals surface area contributed by atoms with Crippen LogP contribution in [0.5, 0.6) is 0 Å². The van der Waals surface area contributed by atoms with E-state index in [4.69, 9.17) is 5.26 Å². The summed E-state index contributed by atoms with van der Waals surface area (Å²) in [5.74, 6) is 1.21. The van der Waals surface area contributed by atoms with Crippen LogP contribution in [-0.2, 0) is 4.79 Å². The Kier molecular flexibility index (Phi) is 3.78. The van der Waals surface area contributed by atoms with Crippen LogP contribution < -0.4 is 10.2 Å². The fourth-order valence-electron chi connectivity index (χ4n) is 3.45. The number of amides is 1. The lowest BCUT2D eigenvalue weighted by atomic mass is 9.83. The summed E-state index contributed by atoms with van der Waals surface area (Å²) in [4.78, 5) is 23.0. The number of carbonyl (C=O) groups excluding carboxylic acids is 1. The Morgan fingerprint density at radius 3 is 2.69 bits per heavy atom. The lowest BCUT2D eigenvalue weighted by molar-refractivity contribution is -0.123. The molecule has 128 valence electrons. The first-order valence-electron chi connectivity index (χ1n) is 8.49. The highest BCUT2D eigenvalue weighted by Crippen LogP contribution is 2.51. The van der Waals surface area contributed by atoms with Crippen LogP contribution in [-0.4, -0.2) is 22.4 Å². The molecule has 1 saturated carbocycles. The molecule has 0 unspecified atom stereocenters. The van der Waals surface area contributed by atoms with Crippen molar-refractivity contribution in [3.8, 4) is 12.1 Å². The Morgan fingerprint density at radius 1 is 1.19 bits per heavy atom. The summed E-state index contributed by atoms with van der Waals surface area (Å²) in [6.07, 6.45) is 5.60. The highest BCUT2D eigenvalue weighted by Gasteiger charge is 2.56. The predicted octanol–water partition coefficient (Wildman–Crippen LogP) is 2.75. The maximum absolute atomic E-state index is 12.9. The fourth-order valence-corrected chi connectivity index (χ4v) is 3.45. The maximum atomic E-state index is 12.9. The van der Waals surface area contributed by atoms with Crippen LogP contribution in [0.1, 0.15) is 24.8 Å². The van der Waals surface area contributed by atoms with Gasteiger partial charge in [-0.3, -0.25) is 4.79 Å². The third-order valence-corrected chi connectivity index (χ3v) is 5.03. The summed E-state index contributed by atoms with van der Waals surface area (Å²) in [6.45, 7) is 0.543. The number of nitriles is 2. The molecule has 1 aliphatic carbocycles. The number of nitrogens with one attached hydrogen (secondary N) is 1. The Hall–Kier alpha value is -3.45. The Bertz CT molecular complexity index is 938. The van der Waals surface area contributed by atoms with E-state index in [0.717, 1.165) is 18.5 Å². The second-order valence-corrected chi connectivity index (χ2v) is 6.63. The van der Waals surface area contributed by atoms with Gasteiger partial charge in [0, 0.05) is 30.7 Å². The third-order valence-electron chi connectivity index (χ3n) is 5.03. The summed E-state index contributed by atoms with van der Waals surface area (Å²) in [5, 5.41) is 21.5. The average Bonchev–Trinajstić information content (AvgIpc) is 3.47. The Labute approximate surface area is 150 Å². The number of hydrogen-bond acceptors (Lipinski definition) is 6. The van der Waals surface area contributed by atoms with Crippen LogP contribution in [0.2, 0.25) is 0 Å². The summed E-state index contributed by atoms with van der Waals surface area (Å²) >= 11 is 0. The van der Waals surface area contributed by atoms with Crippen molar-refractivity contribution >= 4 is 23.2 Å². The molecule has 0 spiro atoms. The van der Waals surface area contributed by atoms with E-state index in [2.05, 4.69) is 21.4 Å². The first-order chi connectivity index (χ1) is 12.7. The predicted molar refractivity (Wildman–Crippen MR) is 94.2 cm³/mol. The van der Waals surface area contributed by atoms with Gasteiger partial charge in [0.05, 0.1) is 11.6 Å². The van der Waals surface area contributed by atoms with Gasteiger partial charge in [-0.25, -0.2) is 9.97 Å². The van der Waals surface area contributed by atoms with E-state index in [1.54, 1.807) is 35.4 Å². The normalized spacial score (nSPS) is 21.9. The van der Waals surface area contributed by atoms with Crippen molar-refractivity contribution in [1.82, 2.24) is 9.97 Å². The molecular weight excluding hydrogens is 328 g/mol. The van der Waals surface area contributed by atoms with E-state index in [0.29, 0.717) is 30.2 Å². The number of pyridine rings is 2. The molecular formula is C19H16N6O.